The van der Waals surface area contributed by atoms with E-state index in [1.165, 1.54) is 0 Å². The lowest BCUT2D eigenvalue weighted by atomic mass is 9.95. The van der Waals surface area contributed by atoms with E-state index in [1.807, 2.05) is 51.1 Å². The lowest BCUT2D eigenvalue weighted by Crippen LogP contribution is -2.23. The predicted octanol–water partition coefficient (Wildman–Crippen LogP) is 3.86. The Kier molecular flexibility index (Phi) is 6.81. The lowest BCUT2D eigenvalue weighted by molar-refractivity contribution is 0.382. The predicted molar refractivity (Wildman–Crippen MR) is 92.9 cm³/mol. The van der Waals surface area contributed by atoms with E-state index in [1.54, 1.807) is 14.2 Å². The third kappa shape index (κ3) is 4.98. The zero-order valence-electron chi connectivity index (χ0n) is 14.0. The highest BCUT2D eigenvalue weighted by molar-refractivity contribution is 7.85. The summed E-state index contributed by atoms with van der Waals surface area (Å²) < 4.78 is 26.7. The number of benzene rings is 1. The molecule has 0 spiro atoms. The van der Waals surface area contributed by atoms with Crippen LogP contribution in [0.25, 0.3) is 0 Å². The molecule has 0 amide bonds. The van der Waals surface area contributed by atoms with Gasteiger partial charge in [-0.15, -0.1) is 6.58 Å². The van der Waals surface area contributed by atoms with Crippen LogP contribution in [0.1, 0.15) is 38.7 Å². The van der Waals surface area contributed by atoms with Crippen molar-refractivity contribution in [3.63, 3.8) is 0 Å². The molecule has 1 unspecified atom stereocenters. The molecular weight excluding hydrogens is 298 g/mol. The minimum absolute atomic E-state index is 0.111. The summed E-state index contributed by atoms with van der Waals surface area (Å²) in [4.78, 5) is 0. The topological polar surface area (TPSA) is 47.9 Å². The molecule has 1 aromatic carbocycles. The maximum Gasteiger partial charge on any atom is 0.205 e. The van der Waals surface area contributed by atoms with Crippen LogP contribution in [-0.2, 0) is 15.7 Å². The van der Waals surface area contributed by atoms with Gasteiger partial charge in [-0.1, -0.05) is 18.2 Å². The number of rotatable bonds is 6. The highest BCUT2D eigenvalue weighted by Crippen LogP contribution is 2.26. The number of hydrogen-bond donors (Lipinski definition) is 0. The van der Waals surface area contributed by atoms with Crippen molar-refractivity contribution in [2.24, 2.45) is 4.40 Å². The smallest absolute Gasteiger partial charge is 0.205 e. The summed E-state index contributed by atoms with van der Waals surface area (Å²) in [6.07, 6.45) is 2.46. The Hall–Kier alpha value is -1.62. The van der Waals surface area contributed by atoms with Crippen LogP contribution in [0.2, 0.25) is 0 Å². The molecule has 0 fully saturated rings. The fourth-order valence-electron chi connectivity index (χ4n) is 1.84. The molecule has 22 heavy (non-hydrogen) atoms. The summed E-state index contributed by atoms with van der Waals surface area (Å²) in [5, 5.41) is 0. The van der Waals surface area contributed by atoms with Crippen molar-refractivity contribution < 1.29 is 13.7 Å². The van der Waals surface area contributed by atoms with Crippen LogP contribution in [0, 0.1) is 0 Å². The summed E-state index contributed by atoms with van der Waals surface area (Å²) in [6.45, 7) is 9.45. The molecule has 1 aromatic rings. The first kappa shape index (κ1) is 18.4. The average Bonchev–Trinajstić information content (AvgIpc) is 2.49. The summed E-state index contributed by atoms with van der Waals surface area (Å²) in [7, 11) is 1.82. The van der Waals surface area contributed by atoms with Crippen molar-refractivity contribution in [2.45, 2.75) is 37.9 Å². The van der Waals surface area contributed by atoms with E-state index in [4.69, 9.17) is 9.47 Å². The van der Waals surface area contributed by atoms with Gasteiger partial charge in [0.15, 0.2) is 0 Å². The van der Waals surface area contributed by atoms with E-state index in [2.05, 4.69) is 11.0 Å². The lowest BCUT2D eigenvalue weighted by Gasteiger charge is -2.20. The van der Waals surface area contributed by atoms with E-state index >= 15 is 0 Å². The van der Waals surface area contributed by atoms with Gasteiger partial charge in [0.05, 0.1) is 24.9 Å². The largest absolute Gasteiger partial charge is 0.497 e. The van der Waals surface area contributed by atoms with Gasteiger partial charge >= 0.3 is 0 Å². The highest BCUT2D eigenvalue weighted by Gasteiger charge is 2.24. The molecule has 0 saturated carbocycles. The molecule has 1 rings (SSSR count). The third-order valence-corrected chi connectivity index (χ3v) is 4.52. The molecule has 0 N–H and O–H groups in total. The number of nitrogens with zero attached hydrogens (tertiary/aromatic N) is 1. The molecule has 0 radical (unpaired) electrons. The molecule has 0 aromatic heterocycles. The zero-order chi connectivity index (χ0) is 16.8. The fraction of sp³-hybridized carbons (Fsp3) is 0.471. The number of hydrogen-bond acceptors (Lipinski definition) is 3. The van der Waals surface area contributed by atoms with Gasteiger partial charge in [-0.3, -0.25) is 0 Å². The van der Waals surface area contributed by atoms with Crippen molar-refractivity contribution in [1.29, 1.82) is 0 Å². The molecule has 0 aliphatic heterocycles. The highest BCUT2D eigenvalue weighted by atomic mass is 32.2. The number of methoxy groups -OCH3 is 2. The van der Waals surface area contributed by atoms with Crippen LogP contribution in [0.3, 0.4) is 0 Å². The molecular formula is C17H25NO3S. The maximum atomic E-state index is 12.3. The molecule has 0 heterocycles. The van der Waals surface area contributed by atoms with Crippen LogP contribution in [0.4, 0.5) is 0 Å². The second-order valence-corrected chi connectivity index (χ2v) is 7.75. The minimum atomic E-state index is -1.37. The van der Waals surface area contributed by atoms with E-state index in [9.17, 15) is 4.21 Å². The molecule has 0 aliphatic rings. The second kappa shape index (κ2) is 8.13. The third-order valence-electron chi connectivity index (χ3n) is 3.12. The molecule has 5 heteroatoms. The van der Waals surface area contributed by atoms with E-state index in [-0.39, 0.29) is 5.92 Å². The normalized spacial score (nSPS) is 15.0. The zero-order valence-corrected chi connectivity index (χ0v) is 14.8. The van der Waals surface area contributed by atoms with Gasteiger partial charge in [-0.25, -0.2) is 4.21 Å². The first-order valence-electron chi connectivity index (χ1n) is 7.13. The Labute approximate surface area is 135 Å². The van der Waals surface area contributed by atoms with Gasteiger partial charge in [0.25, 0.3) is 0 Å². The van der Waals surface area contributed by atoms with Crippen molar-refractivity contribution >= 4 is 16.9 Å². The number of allylic oxidation sites excluding steroid dienone is 1. The van der Waals surface area contributed by atoms with E-state index < -0.39 is 15.7 Å². The van der Waals surface area contributed by atoms with Crippen molar-refractivity contribution in [1.82, 2.24) is 0 Å². The summed E-state index contributed by atoms with van der Waals surface area (Å²) in [6, 6.07) is 7.70. The molecule has 2 atom stereocenters. The Morgan fingerprint density at radius 1 is 1.32 bits per heavy atom. The summed E-state index contributed by atoms with van der Waals surface area (Å²) >= 11 is 0. The van der Waals surface area contributed by atoms with Crippen molar-refractivity contribution in [3.8, 4) is 5.75 Å². The molecule has 0 saturated heterocycles. The van der Waals surface area contributed by atoms with Crippen LogP contribution in [0.5, 0.6) is 5.75 Å². The van der Waals surface area contributed by atoms with Gasteiger partial charge in [-0.05, 0) is 44.9 Å². The number of ether oxygens (including phenoxy) is 2. The van der Waals surface area contributed by atoms with Crippen molar-refractivity contribution in [2.75, 3.05) is 14.2 Å². The molecule has 122 valence electrons. The Bertz CT molecular complexity index is 544. The standard InChI is InChI=1S/C17H25NO3S/c1-7-8-15(13-9-11-14(20-5)12-10-13)16(21-6)18-22(19)17(2,3)4/h7,9-12,15H,1,8H2,2-6H3/b18-16-/t15?,22-/m1/s1. The van der Waals surface area contributed by atoms with Gasteiger partial charge in [-0.2, -0.15) is 4.40 Å². The van der Waals surface area contributed by atoms with Crippen LogP contribution >= 0.6 is 0 Å². The van der Waals surface area contributed by atoms with E-state index in [0.29, 0.717) is 12.3 Å². The SMILES string of the molecule is C=CCC(/C(=N/[S@](=O)C(C)(C)C)OC)c1ccc(OC)cc1. The summed E-state index contributed by atoms with van der Waals surface area (Å²) in [5.41, 5.74) is 1.02. The minimum Gasteiger partial charge on any atom is -0.497 e. The molecule has 4 nitrogen and oxygen atoms in total. The quantitative estimate of drug-likeness (QED) is 0.454. The van der Waals surface area contributed by atoms with Gasteiger partial charge in [0, 0.05) is 0 Å². The monoisotopic (exact) mass is 323 g/mol. The van der Waals surface area contributed by atoms with Crippen LogP contribution < -0.4 is 4.74 Å². The van der Waals surface area contributed by atoms with Crippen LogP contribution in [-0.4, -0.2) is 29.1 Å². The van der Waals surface area contributed by atoms with Crippen LogP contribution in [0.15, 0.2) is 41.3 Å². The van der Waals surface area contributed by atoms with Crippen molar-refractivity contribution in [3.05, 3.63) is 42.5 Å². The van der Waals surface area contributed by atoms with Gasteiger partial charge in [0.2, 0.25) is 5.90 Å². The fourth-order valence-corrected chi connectivity index (χ4v) is 2.48. The molecule has 0 bridgehead atoms. The Morgan fingerprint density at radius 3 is 2.32 bits per heavy atom. The first-order chi connectivity index (χ1) is 10.3. The second-order valence-electron chi connectivity index (χ2n) is 5.85. The van der Waals surface area contributed by atoms with Gasteiger partial charge in [0.1, 0.15) is 16.7 Å². The Morgan fingerprint density at radius 2 is 1.91 bits per heavy atom. The molecule has 0 aliphatic carbocycles. The average molecular weight is 323 g/mol. The van der Waals surface area contributed by atoms with E-state index in [0.717, 1.165) is 11.3 Å². The first-order valence-corrected chi connectivity index (χ1v) is 8.23. The maximum absolute atomic E-state index is 12.3. The Balaban J connectivity index is 3.17. The summed E-state index contributed by atoms with van der Waals surface area (Å²) in [5.74, 6) is 1.13. The van der Waals surface area contributed by atoms with Gasteiger partial charge < -0.3 is 9.47 Å².